The van der Waals surface area contributed by atoms with Crippen LogP contribution in [-0.4, -0.2) is 24.9 Å². The van der Waals surface area contributed by atoms with Gasteiger partial charge in [0.1, 0.15) is 5.75 Å². The molecule has 0 aliphatic heterocycles. The van der Waals surface area contributed by atoms with Crippen LogP contribution in [0, 0.1) is 0 Å². The van der Waals surface area contributed by atoms with E-state index in [2.05, 4.69) is 0 Å². The highest BCUT2D eigenvalue weighted by atomic mass is 32.2. The molecule has 1 aromatic carbocycles. The van der Waals surface area contributed by atoms with E-state index in [9.17, 15) is 13.5 Å². The van der Waals surface area contributed by atoms with Gasteiger partial charge in [-0.1, -0.05) is 6.07 Å². The zero-order valence-electron chi connectivity index (χ0n) is 10.6. The fourth-order valence-corrected chi connectivity index (χ4v) is 3.94. The fraction of sp³-hybridized carbons (Fsp3) is 0.231. The van der Waals surface area contributed by atoms with Gasteiger partial charge >= 0.3 is 0 Å². The average molecular weight is 297 g/mol. The number of sulfonamides is 1. The molecule has 4 nitrogen and oxygen atoms in total. The molecule has 1 heterocycles. The van der Waals surface area contributed by atoms with Crippen molar-refractivity contribution in [3.63, 3.8) is 0 Å². The summed E-state index contributed by atoms with van der Waals surface area (Å²) in [4.78, 5) is 1.17. The molecule has 102 valence electrons. The van der Waals surface area contributed by atoms with E-state index in [0.29, 0.717) is 0 Å². The summed E-state index contributed by atoms with van der Waals surface area (Å²) < 4.78 is 26.2. The molecule has 0 saturated carbocycles. The summed E-state index contributed by atoms with van der Waals surface area (Å²) in [6.07, 6.45) is 0. The van der Waals surface area contributed by atoms with Crippen molar-refractivity contribution in [2.24, 2.45) is 0 Å². The van der Waals surface area contributed by atoms with E-state index >= 15 is 0 Å². The van der Waals surface area contributed by atoms with Crippen molar-refractivity contribution in [3.05, 3.63) is 46.7 Å². The van der Waals surface area contributed by atoms with Gasteiger partial charge in [-0.05, 0) is 42.6 Å². The maximum Gasteiger partial charge on any atom is 0.243 e. The van der Waals surface area contributed by atoms with Gasteiger partial charge in [0.05, 0.1) is 10.9 Å². The number of hydrogen-bond acceptors (Lipinski definition) is 4. The zero-order chi connectivity index (χ0) is 14.0. The summed E-state index contributed by atoms with van der Waals surface area (Å²) in [7, 11) is -1.99. The molecule has 2 aromatic rings. The number of aromatic hydroxyl groups is 1. The van der Waals surface area contributed by atoms with Crippen LogP contribution in [-0.2, 0) is 10.0 Å². The second-order valence-electron chi connectivity index (χ2n) is 4.21. The zero-order valence-corrected chi connectivity index (χ0v) is 12.3. The van der Waals surface area contributed by atoms with Crippen LogP contribution in [0.4, 0.5) is 0 Å². The number of benzene rings is 1. The van der Waals surface area contributed by atoms with E-state index in [1.54, 1.807) is 7.05 Å². The Labute approximate surface area is 117 Å². The lowest BCUT2D eigenvalue weighted by atomic mass is 10.3. The highest BCUT2D eigenvalue weighted by Gasteiger charge is 2.26. The van der Waals surface area contributed by atoms with Crippen LogP contribution in [0.2, 0.25) is 0 Å². The van der Waals surface area contributed by atoms with Crippen LogP contribution in [0.1, 0.15) is 17.8 Å². The summed E-state index contributed by atoms with van der Waals surface area (Å²) in [5.41, 5.74) is 0. The lowest BCUT2D eigenvalue weighted by Gasteiger charge is -2.23. The number of hydrogen-bond donors (Lipinski definition) is 1. The fourth-order valence-electron chi connectivity index (χ4n) is 1.70. The average Bonchev–Trinajstić information content (AvgIpc) is 2.91. The monoisotopic (exact) mass is 297 g/mol. The van der Waals surface area contributed by atoms with Crippen molar-refractivity contribution in [1.29, 1.82) is 0 Å². The third kappa shape index (κ3) is 2.80. The van der Waals surface area contributed by atoms with Gasteiger partial charge < -0.3 is 5.11 Å². The maximum absolute atomic E-state index is 12.4. The second-order valence-corrected chi connectivity index (χ2v) is 7.18. The first-order valence-electron chi connectivity index (χ1n) is 5.73. The number of phenolic OH excluding ortho intramolecular Hbond substituents is 1. The summed E-state index contributed by atoms with van der Waals surface area (Å²) in [5, 5.41) is 11.1. The van der Waals surface area contributed by atoms with Crippen LogP contribution in [0.15, 0.2) is 46.7 Å². The summed E-state index contributed by atoms with van der Waals surface area (Å²) in [5.74, 6) is 0.0490. The molecular formula is C13H15NO3S2. The molecule has 1 N–H and O–H groups in total. The summed E-state index contributed by atoms with van der Waals surface area (Å²) >= 11 is 1.53. The number of rotatable bonds is 4. The third-order valence-electron chi connectivity index (χ3n) is 3.01. The quantitative estimate of drug-likeness (QED) is 0.944. The molecule has 1 aromatic heterocycles. The summed E-state index contributed by atoms with van der Waals surface area (Å²) in [6, 6.07) is 9.15. The van der Waals surface area contributed by atoms with Crippen molar-refractivity contribution in [2.75, 3.05) is 7.05 Å². The number of nitrogens with zero attached hydrogens (tertiary/aromatic N) is 1. The van der Waals surface area contributed by atoms with Crippen LogP contribution < -0.4 is 0 Å². The molecule has 0 fully saturated rings. The molecule has 6 heteroatoms. The van der Waals surface area contributed by atoms with Gasteiger partial charge in [0.15, 0.2) is 0 Å². The normalized spacial score (nSPS) is 13.6. The van der Waals surface area contributed by atoms with E-state index in [1.807, 2.05) is 24.4 Å². The lowest BCUT2D eigenvalue weighted by molar-refractivity contribution is 0.402. The number of phenols is 1. The minimum absolute atomic E-state index is 0.0490. The lowest BCUT2D eigenvalue weighted by Crippen LogP contribution is -2.29. The van der Waals surface area contributed by atoms with Gasteiger partial charge in [-0.2, -0.15) is 4.31 Å². The van der Waals surface area contributed by atoms with E-state index in [4.69, 9.17) is 0 Å². The topological polar surface area (TPSA) is 57.6 Å². The molecule has 1 atom stereocenters. The van der Waals surface area contributed by atoms with Gasteiger partial charge in [-0.3, -0.25) is 0 Å². The molecule has 2 rings (SSSR count). The predicted octanol–water partition coefficient (Wildman–Crippen LogP) is 2.84. The Hall–Kier alpha value is -1.37. The first-order chi connectivity index (χ1) is 8.93. The van der Waals surface area contributed by atoms with E-state index < -0.39 is 10.0 Å². The van der Waals surface area contributed by atoms with Crippen molar-refractivity contribution in [3.8, 4) is 5.75 Å². The van der Waals surface area contributed by atoms with Gasteiger partial charge in [0.25, 0.3) is 0 Å². The molecular weight excluding hydrogens is 282 g/mol. The standard InChI is InChI=1S/C13H15NO3S2/c1-10(13-4-3-9-18-13)14(2)19(16,17)12-7-5-11(15)6-8-12/h3-10,15H,1-2H3. The van der Waals surface area contributed by atoms with Gasteiger partial charge in [0, 0.05) is 11.9 Å². The van der Waals surface area contributed by atoms with Crippen molar-refractivity contribution in [2.45, 2.75) is 17.9 Å². The minimum atomic E-state index is -3.55. The smallest absolute Gasteiger partial charge is 0.243 e. The molecule has 0 saturated heterocycles. The van der Waals surface area contributed by atoms with Gasteiger partial charge in [-0.15, -0.1) is 11.3 Å². The Morgan fingerprint density at radius 1 is 1.21 bits per heavy atom. The predicted molar refractivity (Wildman–Crippen MR) is 75.8 cm³/mol. The molecule has 0 bridgehead atoms. The van der Waals surface area contributed by atoms with Crippen LogP contribution in [0.3, 0.4) is 0 Å². The molecule has 19 heavy (non-hydrogen) atoms. The Balaban J connectivity index is 2.31. The first kappa shape index (κ1) is 14.0. The van der Waals surface area contributed by atoms with Gasteiger partial charge in [-0.25, -0.2) is 8.42 Å². The summed E-state index contributed by atoms with van der Waals surface area (Å²) in [6.45, 7) is 1.85. The molecule has 0 radical (unpaired) electrons. The second kappa shape index (κ2) is 5.32. The van der Waals surface area contributed by atoms with E-state index in [-0.39, 0.29) is 16.7 Å². The largest absolute Gasteiger partial charge is 0.508 e. The highest BCUT2D eigenvalue weighted by Crippen LogP contribution is 2.28. The van der Waals surface area contributed by atoms with Crippen molar-refractivity contribution < 1.29 is 13.5 Å². The molecule has 0 aliphatic rings. The van der Waals surface area contributed by atoms with E-state index in [0.717, 1.165) is 4.88 Å². The van der Waals surface area contributed by atoms with Crippen LogP contribution in [0.25, 0.3) is 0 Å². The molecule has 0 amide bonds. The minimum Gasteiger partial charge on any atom is -0.508 e. The third-order valence-corrected chi connectivity index (χ3v) is 6.00. The van der Waals surface area contributed by atoms with Crippen molar-refractivity contribution in [1.82, 2.24) is 4.31 Å². The Morgan fingerprint density at radius 2 is 1.84 bits per heavy atom. The highest BCUT2D eigenvalue weighted by molar-refractivity contribution is 7.89. The van der Waals surface area contributed by atoms with Crippen LogP contribution >= 0.6 is 11.3 Å². The SMILES string of the molecule is CC(c1cccs1)N(C)S(=O)(=O)c1ccc(O)cc1. The van der Waals surface area contributed by atoms with Gasteiger partial charge in [0.2, 0.25) is 10.0 Å². The van der Waals surface area contributed by atoms with Crippen LogP contribution in [0.5, 0.6) is 5.75 Å². The molecule has 1 unspecified atom stereocenters. The molecule has 0 spiro atoms. The Bertz CT molecular complexity index is 633. The molecule has 0 aliphatic carbocycles. The van der Waals surface area contributed by atoms with E-state index in [1.165, 1.54) is 39.9 Å². The Morgan fingerprint density at radius 3 is 2.37 bits per heavy atom. The Kier molecular flexibility index (Phi) is 3.93. The maximum atomic E-state index is 12.4. The van der Waals surface area contributed by atoms with Crippen molar-refractivity contribution >= 4 is 21.4 Å². The number of thiophene rings is 1. The first-order valence-corrected chi connectivity index (χ1v) is 8.05.